The van der Waals surface area contributed by atoms with Crippen molar-refractivity contribution < 1.29 is 133 Å². The van der Waals surface area contributed by atoms with E-state index in [9.17, 15) is 9.59 Å². The summed E-state index contributed by atoms with van der Waals surface area (Å²) >= 11 is 0. The predicted octanol–water partition coefficient (Wildman–Crippen LogP) is 13.2. The van der Waals surface area contributed by atoms with E-state index in [0.29, 0.717) is 204 Å². The Labute approximate surface area is 760 Å². The van der Waals surface area contributed by atoms with Crippen molar-refractivity contribution in [3.8, 4) is 114 Å². The number of rotatable bonds is 71. The Balaban J connectivity index is 1.02. The number of nitrogens with zero attached hydrogens (tertiary/aromatic N) is 4. The maximum atomic E-state index is 14.9. The number of methoxy groups -OCH3 is 6. The molecule has 32 heteroatoms. The molecule has 0 bridgehead atoms. The molecule has 130 heavy (non-hydrogen) atoms. The minimum absolute atomic E-state index is 0.0584. The van der Waals surface area contributed by atoms with E-state index in [1.807, 2.05) is 146 Å². The fourth-order valence-corrected chi connectivity index (χ4v) is 12.7. The predicted molar refractivity (Wildman–Crippen MR) is 485 cm³/mol. The lowest BCUT2D eigenvalue weighted by molar-refractivity contribution is 0.0146. The zero-order valence-electron chi connectivity index (χ0n) is 75.2. The number of ether oxygens (including phenoxy) is 26. The van der Waals surface area contributed by atoms with Crippen LogP contribution in [0.2, 0.25) is 0 Å². The largest absolute Gasteiger partial charge is 0.487 e. The number of carbonyl (C=O) groups excluding carboxylic acids is 2. The van der Waals surface area contributed by atoms with Gasteiger partial charge in [-0.05, 0) is 72.8 Å². The smallest absolute Gasteiger partial charge is 0.343 e. The van der Waals surface area contributed by atoms with Gasteiger partial charge in [0.2, 0.25) is 11.5 Å². The molecule has 702 valence electrons. The number of hydrogen-bond donors (Lipinski definition) is 0. The molecule has 0 fully saturated rings. The zero-order chi connectivity index (χ0) is 90.9. The minimum Gasteiger partial charge on any atom is -0.487 e. The van der Waals surface area contributed by atoms with Gasteiger partial charge in [0.25, 0.3) is 0 Å². The van der Waals surface area contributed by atoms with Crippen LogP contribution in [0.4, 0.5) is 0 Å². The Kier molecular flexibility index (Phi) is 47.5. The first-order chi connectivity index (χ1) is 64.2. The van der Waals surface area contributed by atoms with Gasteiger partial charge in [-0.3, -0.25) is 0 Å². The molecule has 0 saturated heterocycles. The van der Waals surface area contributed by atoms with Crippen molar-refractivity contribution in [2.24, 2.45) is 0 Å². The highest BCUT2D eigenvalue weighted by Gasteiger charge is 2.31. The summed E-state index contributed by atoms with van der Waals surface area (Å²) in [6, 6.07) is 60.4. The lowest BCUT2D eigenvalue weighted by Crippen LogP contribution is -2.17. The molecular weight excluding hydrogens is 1680 g/mol. The summed E-state index contributed by atoms with van der Waals surface area (Å²) in [5, 5.41) is 0. The Morgan fingerprint density at radius 2 is 0.438 bits per heavy atom. The third kappa shape index (κ3) is 34.2. The van der Waals surface area contributed by atoms with Gasteiger partial charge in [-0.15, -0.1) is 0 Å². The molecule has 8 aromatic carbocycles. The summed E-state index contributed by atoms with van der Waals surface area (Å²) in [4.78, 5) is 41.2. The fourth-order valence-electron chi connectivity index (χ4n) is 12.7. The van der Waals surface area contributed by atoms with E-state index in [1.165, 1.54) is 0 Å². The van der Waals surface area contributed by atoms with Gasteiger partial charge in [-0.1, -0.05) is 121 Å². The monoisotopic (exact) mass is 1800 g/mol. The molecule has 0 spiro atoms. The quantitative estimate of drug-likeness (QED) is 0.0194. The van der Waals surface area contributed by atoms with E-state index in [2.05, 4.69) is 9.35 Å². The van der Waals surface area contributed by atoms with Crippen molar-refractivity contribution in [3.05, 3.63) is 205 Å². The minimum atomic E-state index is -0.736. The second-order valence-corrected chi connectivity index (χ2v) is 28.2. The first kappa shape index (κ1) is 101. The van der Waals surface area contributed by atoms with Crippen molar-refractivity contribution in [2.75, 3.05) is 281 Å². The molecule has 2 aromatic heterocycles. The number of aromatic nitrogens is 4. The molecule has 2 heterocycles. The van der Waals surface area contributed by atoms with Gasteiger partial charge in [0.05, 0.1) is 232 Å². The molecule has 0 aliphatic rings. The van der Waals surface area contributed by atoms with E-state index in [0.717, 1.165) is 22.3 Å². The van der Waals surface area contributed by atoms with Gasteiger partial charge < -0.3 is 123 Å². The van der Waals surface area contributed by atoms with Crippen LogP contribution in [-0.4, -0.2) is 312 Å². The van der Waals surface area contributed by atoms with Gasteiger partial charge in [-0.25, -0.2) is 28.9 Å². The molecule has 10 aromatic rings. The summed E-state index contributed by atoms with van der Waals surface area (Å²) in [7, 11) is 9.66. The molecule has 0 aliphatic heterocycles. The molecule has 0 N–H and O–H groups in total. The molecule has 0 aliphatic carbocycles. The average molecular weight is 1800 g/mol. The third-order valence-corrected chi connectivity index (χ3v) is 19.0. The summed E-state index contributed by atoms with van der Waals surface area (Å²) in [6.07, 6.45) is 0. The molecule has 0 atom stereocenters. The standard InChI is InChI=1S/C98H122N4O28/c1-105-35-41-111-47-53-117-59-65-123-85-71-81(72-86(124-66-60-118-54-48-112-42-36-106-2)93(85)127-69-63-121-57-51-115-45-39-109-5)97(103)129-83-31-27-79(28-32-83)95-99-89(75-19-11-7-12-20-75)91(77-23-15-9-16-24-77)101(95)102-92(78-25-17-10-18-26-78)90(76-21-13-8-14-22-76)100-96(102)80-29-33-84(34-30-80)130-98(104)82-73-87(125-67-61-119-55-49-113-43-37-107-3)94(128-70-64-122-58-52-116-46-40-110-6)88(74-82)126-68-62-120-56-50-114-44-38-108-4/h7-34,71-74H,35-70H2,1-6H3. The van der Waals surface area contributed by atoms with Crippen LogP contribution < -0.4 is 37.9 Å². The first-order valence-electron chi connectivity index (χ1n) is 43.4. The lowest BCUT2D eigenvalue weighted by Gasteiger charge is -2.20. The number of imidazole rings is 2. The van der Waals surface area contributed by atoms with Gasteiger partial charge in [0.15, 0.2) is 34.6 Å². The highest BCUT2D eigenvalue weighted by atomic mass is 16.6. The van der Waals surface area contributed by atoms with Gasteiger partial charge in [-0.2, -0.15) is 0 Å². The van der Waals surface area contributed by atoms with Crippen LogP contribution in [-0.2, 0) is 85.3 Å². The van der Waals surface area contributed by atoms with Crippen molar-refractivity contribution in [1.82, 2.24) is 19.3 Å². The summed E-state index contributed by atoms with van der Waals surface area (Å²) < 4.78 is 155. The van der Waals surface area contributed by atoms with E-state index in [1.54, 1.807) is 91.2 Å². The Morgan fingerprint density at radius 1 is 0.231 bits per heavy atom. The average Bonchev–Trinajstić information content (AvgIpc) is 1.56. The van der Waals surface area contributed by atoms with Crippen LogP contribution in [0.1, 0.15) is 20.7 Å². The van der Waals surface area contributed by atoms with Gasteiger partial charge in [0, 0.05) is 76.0 Å². The molecule has 10 rings (SSSR count). The number of carbonyl (C=O) groups is 2. The first-order valence-corrected chi connectivity index (χ1v) is 43.4. The van der Waals surface area contributed by atoms with Crippen molar-refractivity contribution in [2.45, 2.75) is 0 Å². The number of hydrogen-bond acceptors (Lipinski definition) is 30. The Morgan fingerprint density at radius 3 is 0.669 bits per heavy atom. The van der Waals surface area contributed by atoms with E-state index >= 15 is 0 Å². The molecule has 0 amide bonds. The van der Waals surface area contributed by atoms with E-state index < -0.39 is 11.9 Å². The lowest BCUT2D eigenvalue weighted by atomic mass is 10.0. The maximum Gasteiger partial charge on any atom is 0.343 e. The topological polar surface area (TPSA) is 310 Å². The van der Waals surface area contributed by atoms with Crippen molar-refractivity contribution in [3.63, 3.8) is 0 Å². The van der Waals surface area contributed by atoms with Crippen LogP contribution >= 0.6 is 0 Å². The molecular formula is C98H122N4O28. The third-order valence-electron chi connectivity index (χ3n) is 19.0. The Bertz CT molecular complexity index is 4380. The summed E-state index contributed by atoms with van der Waals surface area (Å²) in [5.74, 6) is 1.03. The number of benzene rings is 8. The molecule has 32 nitrogen and oxygen atoms in total. The van der Waals surface area contributed by atoms with Crippen molar-refractivity contribution in [1.29, 1.82) is 0 Å². The maximum absolute atomic E-state index is 14.9. The highest BCUT2D eigenvalue weighted by Crippen LogP contribution is 2.45. The fraction of sp³-hybridized carbons (Fsp3) is 0.429. The van der Waals surface area contributed by atoms with E-state index in [-0.39, 0.29) is 136 Å². The van der Waals surface area contributed by atoms with Crippen LogP contribution in [0.25, 0.3) is 67.8 Å². The zero-order valence-corrected chi connectivity index (χ0v) is 75.2. The summed E-state index contributed by atoms with van der Waals surface area (Å²) in [6.45, 7) is 10.7. The van der Waals surface area contributed by atoms with Crippen LogP contribution in [0.3, 0.4) is 0 Å². The van der Waals surface area contributed by atoms with Crippen LogP contribution in [0.5, 0.6) is 46.0 Å². The van der Waals surface area contributed by atoms with Crippen LogP contribution in [0.15, 0.2) is 194 Å². The second kappa shape index (κ2) is 61.0. The van der Waals surface area contributed by atoms with Crippen LogP contribution in [0, 0.1) is 0 Å². The molecule has 0 unspecified atom stereocenters. The van der Waals surface area contributed by atoms with Gasteiger partial charge >= 0.3 is 11.9 Å². The molecule has 0 saturated carbocycles. The van der Waals surface area contributed by atoms with E-state index in [4.69, 9.17) is 133 Å². The second-order valence-electron chi connectivity index (χ2n) is 28.2. The number of esters is 2. The summed E-state index contributed by atoms with van der Waals surface area (Å²) in [5.41, 5.74) is 7.39. The normalized spacial score (nSPS) is 11.3. The Hall–Kier alpha value is -10.8. The van der Waals surface area contributed by atoms with Crippen molar-refractivity contribution >= 4 is 11.9 Å². The SMILES string of the molecule is COCCOCCOCCOc1cc(C(=O)Oc2ccc(-c3nc(-c4ccccc4)c(-c4ccccc4)n3-n3c(-c4ccc(OC(=O)c5cc(OCCOCCOCCOC)c(OCCOCCOCCOC)c(OCCOCCOCCOC)c5)cc4)nc(-c4ccccc4)c3-c3ccccc3)cc2)cc(OCCOCCOCCOC)c1OCCOCCOCCOC. The molecule has 0 radical (unpaired) electrons. The highest BCUT2D eigenvalue weighted by molar-refractivity contribution is 5.94. The van der Waals surface area contributed by atoms with Gasteiger partial charge in [0.1, 0.15) is 51.1 Å².